The molecule has 0 spiro atoms. The predicted octanol–water partition coefficient (Wildman–Crippen LogP) is 5.15. The van der Waals surface area contributed by atoms with Gasteiger partial charge in [-0.2, -0.15) is 13.2 Å². The minimum atomic E-state index is -4.80. The number of sulfone groups is 1. The first-order valence-electron chi connectivity index (χ1n) is 14.3. The molecule has 0 unspecified atom stereocenters. The fourth-order valence-electron chi connectivity index (χ4n) is 4.44. The van der Waals surface area contributed by atoms with Crippen molar-refractivity contribution in [1.82, 2.24) is 9.88 Å². The molecule has 4 aromatic rings. The number of rotatable bonds is 10. The van der Waals surface area contributed by atoms with Crippen LogP contribution in [0.5, 0.6) is 0 Å². The largest absolute Gasteiger partial charge is 0.416 e. The van der Waals surface area contributed by atoms with E-state index in [2.05, 4.69) is 5.32 Å². The van der Waals surface area contributed by atoms with Crippen molar-refractivity contribution in [2.45, 2.75) is 37.0 Å². The fraction of sp³-hybridized carbons (Fsp3) is 0.276. The molecule has 41 heavy (non-hydrogen) atoms. The molecule has 12 heteroatoms. The van der Waals surface area contributed by atoms with Crippen LogP contribution in [0, 0.1) is 0 Å². The van der Waals surface area contributed by atoms with Gasteiger partial charge in [0, 0.05) is 40.1 Å². The van der Waals surface area contributed by atoms with Crippen molar-refractivity contribution in [2.24, 2.45) is 0 Å². The van der Waals surface area contributed by atoms with E-state index in [1.165, 1.54) is 61.5 Å². The van der Waals surface area contributed by atoms with Gasteiger partial charge in [-0.05, 0) is 59.7 Å². The highest BCUT2D eigenvalue weighted by atomic mass is 35.5. The Kier molecular flexibility index (Phi) is 7.56. The number of nitrogens with one attached hydrogen (secondary N) is 1. The quantitative estimate of drug-likeness (QED) is 0.229. The Morgan fingerprint density at radius 1 is 1.07 bits per heavy atom. The third kappa shape index (κ3) is 6.75. The summed E-state index contributed by atoms with van der Waals surface area (Å²) >= 11 is 5.79. The van der Waals surface area contributed by atoms with Crippen LogP contribution in [-0.2, 0) is 28.9 Å². The van der Waals surface area contributed by atoms with Gasteiger partial charge in [-0.25, -0.2) is 8.42 Å². The van der Waals surface area contributed by atoms with Crippen LogP contribution in [-0.4, -0.2) is 48.0 Å². The first-order valence-corrected chi connectivity index (χ1v) is 14.3. The standard InChI is InChI=1S/C29H28ClF3N2O5S/c1-2-41(39,40)24-8-4-18(5-9-24)26(17-37)34-28(38)20-6-10-27-21(13-20)15-23(35(27)11-12-36)14-19-3-7-22(30)16-25(19)29(31,32)33/h3-10,13,15-16,26,36-37H,2,11-12,14,17H2,1H3,(H,34,38)/t26-/m0/s1/i11D2,12D2. The average molecular weight is 613 g/mol. The average Bonchev–Trinajstić information content (AvgIpc) is 3.33. The number of aliphatic hydroxyl groups excluding tert-OH is 1. The van der Waals surface area contributed by atoms with Crippen LogP contribution < -0.4 is 5.32 Å². The summed E-state index contributed by atoms with van der Waals surface area (Å²) < 4.78 is 98.5. The maximum absolute atomic E-state index is 13.8. The lowest BCUT2D eigenvalue weighted by atomic mass is 10.0. The van der Waals surface area contributed by atoms with Crippen molar-refractivity contribution in [3.05, 3.63) is 99.7 Å². The summed E-state index contributed by atoms with van der Waals surface area (Å²) in [5.41, 5.74) is -1.07. The molecule has 0 aliphatic heterocycles. The van der Waals surface area contributed by atoms with Gasteiger partial charge in [-0.1, -0.05) is 36.7 Å². The molecule has 0 aliphatic rings. The van der Waals surface area contributed by atoms with Gasteiger partial charge in [0.1, 0.15) is 0 Å². The summed E-state index contributed by atoms with van der Waals surface area (Å²) in [6.07, 6.45) is -5.34. The third-order valence-electron chi connectivity index (χ3n) is 6.56. The predicted molar refractivity (Wildman–Crippen MR) is 150 cm³/mol. The number of aromatic nitrogens is 1. The zero-order valence-electron chi connectivity index (χ0n) is 25.5. The summed E-state index contributed by atoms with van der Waals surface area (Å²) in [7, 11) is -3.47. The molecule has 3 N–H and O–H groups in total. The molecule has 1 atom stereocenters. The number of aryl methyl sites for hydroxylation is 1. The van der Waals surface area contributed by atoms with E-state index >= 15 is 0 Å². The minimum Gasteiger partial charge on any atom is -0.395 e. The van der Waals surface area contributed by atoms with Crippen LogP contribution in [0.4, 0.5) is 13.2 Å². The molecule has 0 fully saturated rings. The lowest BCUT2D eigenvalue weighted by Crippen LogP contribution is -2.30. The molecule has 0 bridgehead atoms. The number of carbonyl (C=O) groups is 1. The van der Waals surface area contributed by atoms with Gasteiger partial charge >= 0.3 is 6.18 Å². The van der Waals surface area contributed by atoms with Crippen LogP contribution in [0.15, 0.2) is 71.6 Å². The van der Waals surface area contributed by atoms with Crippen molar-refractivity contribution in [3.63, 3.8) is 0 Å². The maximum Gasteiger partial charge on any atom is 0.416 e. The van der Waals surface area contributed by atoms with Crippen molar-refractivity contribution in [3.8, 4) is 0 Å². The van der Waals surface area contributed by atoms with Crippen molar-refractivity contribution in [2.75, 3.05) is 18.9 Å². The van der Waals surface area contributed by atoms with Crippen molar-refractivity contribution in [1.29, 1.82) is 0 Å². The number of alkyl halides is 3. The maximum atomic E-state index is 13.8. The molecular formula is C29H28ClF3N2O5S. The Labute approximate surface area is 245 Å². The highest BCUT2D eigenvalue weighted by Gasteiger charge is 2.33. The van der Waals surface area contributed by atoms with Crippen LogP contribution in [0.3, 0.4) is 0 Å². The Morgan fingerprint density at radius 2 is 1.78 bits per heavy atom. The van der Waals surface area contributed by atoms with E-state index in [0.717, 1.165) is 16.7 Å². The second-order valence-electron chi connectivity index (χ2n) is 9.13. The topological polar surface area (TPSA) is 109 Å². The molecule has 0 saturated heterocycles. The lowest BCUT2D eigenvalue weighted by Gasteiger charge is -2.17. The highest BCUT2D eigenvalue weighted by molar-refractivity contribution is 7.91. The second-order valence-corrected chi connectivity index (χ2v) is 11.8. The van der Waals surface area contributed by atoms with E-state index in [-0.39, 0.29) is 43.4 Å². The number of nitrogens with zero attached hydrogens (tertiary/aromatic N) is 1. The lowest BCUT2D eigenvalue weighted by molar-refractivity contribution is -0.138. The first kappa shape index (κ1) is 25.3. The van der Waals surface area contributed by atoms with Crippen LogP contribution in [0.2, 0.25) is 5.02 Å². The van der Waals surface area contributed by atoms with Gasteiger partial charge in [0.05, 0.1) is 40.9 Å². The molecule has 4 rings (SSSR count). The van der Waals surface area contributed by atoms with Gasteiger partial charge in [-0.3, -0.25) is 4.79 Å². The summed E-state index contributed by atoms with van der Waals surface area (Å²) in [5.74, 6) is -0.792. The Bertz CT molecular complexity index is 1840. The molecule has 7 nitrogen and oxygen atoms in total. The number of carbonyl (C=O) groups excluding carboxylic acids is 1. The molecule has 1 aromatic heterocycles. The minimum absolute atomic E-state index is 0.0153. The van der Waals surface area contributed by atoms with Crippen LogP contribution >= 0.6 is 11.6 Å². The van der Waals surface area contributed by atoms with Crippen molar-refractivity contribution < 1.29 is 42.1 Å². The molecule has 3 aromatic carbocycles. The Morgan fingerprint density at radius 3 is 2.39 bits per heavy atom. The van der Waals surface area contributed by atoms with E-state index in [1.54, 1.807) is 0 Å². The van der Waals surface area contributed by atoms with Gasteiger partial charge in [0.2, 0.25) is 0 Å². The normalized spacial score (nSPS) is 15.1. The molecule has 0 saturated carbocycles. The Hall–Kier alpha value is -3.38. The molecule has 1 heterocycles. The number of benzene rings is 3. The van der Waals surface area contributed by atoms with E-state index in [4.69, 9.17) is 17.1 Å². The molecule has 0 radical (unpaired) electrons. The van der Waals surface area contributed by atoms with Gasteiger partial charge in [0.25, 0.3) is 5.91 Å². The zero-order chi connectivity index (χ0) is 33.5. The summed E-state index contributed by atoms with van der Waals surface area (Å²) in [6, 6.07) is 12.9. The third-order valence-corrected chi connectivity index (χ3v) is 8.55. The number of fused-ring (bicyclic) bond motifs is 1. The summed E-state index contributed by atoms with van der Waals surface area (Å²) in [4.78, 5) is 13.3. The molecule has 1 amide bonds. The fourth-order valence-corrected chi connectivity index (χ4v) is 5.49. The van der Waals surface area contributed by atoms with E-state index in [9.17, 15) is 36.6 Å². The molecule has 218 valence electrons. The van der Waals surface area contributed by atoms with Gasteiger partial charge in [0.15, 0.2) is 9.84 Å². The smallest absolute Gasteiger partial charge is 0.395 e. The summed E-state index contributed by atoms with van der Waals surface area (Å²) in [5, 5.41) is 22.6. The summed E-state index contributed by atoms with van der Waals surface area (Å²) in [6.45, 7) is -5.66. The number of hydrogen-bond donors (Lipinski definition) is 3. The number of amides is 1. The van der Waals surface area contributed by atoms with E-state index in [1.807, 2.05) is 0 Å². The first-order chi connectivity index (χ1) is 20.8. The van der Waals surface area contributed by atoms with Crippen LogP contribution in [0.25, 0.3) is 10.9 Å². The number of halogens is 4. The number of aliphatic hydroxyl groups is 2. The van der Waals surface area contributed by atoms with E-state index in [0.29, 0.717) is 5.56 Å². The van der Waals surface area contributed by atoms with Crippen LogP contribution in [0.1, 0.15) is 51.2 Å². The van der Waals surface area contributed by atoms with Gasteiger partial charge in [-0.15, -0.1) is 0 Å². The Balaban J connectivity index is 1.74. The van der Waals surface area contributed by atoms with Gasteiger partial charge < -0.3 is 20.1 Å². The second kappa shape index (κ2) is 12.2. The SMILES string of the molecule is [2H]C([2H])(O)C([2H])([2H])n1c(Cc2ccc(Cl)cc2C(F)(F)F)cc2cc(C(=O)N[C@@H](CO)c3ccc(S(=O)(=O)CC)cc3)ccc21. The monoisotopic (exact) mass is 612 g/mol. The zero-order valence-corrected chi connectivity index (χ0v) is 23.1. The van der Waals surface area contributed by atoms with E-state index < -0.39 is 59.6 Å². The molecular weight excluding hydrogens is 581 g/mol. The van der Waals surface area contributed by atoms with Crippen molar-refractivity contribution >= 4 is 38.2 Å². The molecule has 0 aliphatic carbocycles. The number of hydrogen-bond acceptors (Lipinski definition) is 5. The highest BCUT2D eigenvalue weighted by Crippen LogP contribution is 2.35.